The molecule has 3 aromatic rings. The van der Waals surface area contributed by atoms with Crippen LogP contribution in [0.2, 0.25) is 5.02 Å². The number of rotatable bonds is 8. The van der Waals surface area contributed by atoms with Crippen molar-refractivity contribution in [2.45, 2.75) is 31.6 Å². The second kappa shape index (κ2) is 11.0. The molecule has 2 heterocycles. The number of carbonyl (C=O) groups excluding carboxylic acids is 2. The lowest BCUT2D eigenvalue weighted by atomic mass is 10.1. The highest BCUT2D eigenvalue weighted by molar-refractivity contribution is 7.10. The molecule has 0 aliphatic carbocycles. The van der Waals surface area contributed by atoms with Crippen molar-refractivity contribution in [3.05, 3.63) is 87.1 Å². The molecule has 1 fully saturated rings. The second-order valence-electron chi connectivity index (χ2n) is 8.07. The molecule has 1 aliphatic rings. The van der Waals surface area contributed by atoms with E-state index >= 15 is 0 Å². The van der Waals surface area contributed by atoms with E-state index in [1.54, 1.807) is 5.01 Å². The Morgan fingerprint density at radius 1 is 1.03 bits per heavy atom. The molecule has 3 N–H and O–H groups in total. The minimum atomic E-state index is -1.87. The molecule has 2 aromatic carbocycles. The van der Waals surface area contributed by atoms with E-state index in [9.17, 15) is 19.8 Å². The van der Waals surface area contributed by atoms with Gasteiger partial charge in [0.25, 0.3) is 11.8 Å². The van der Waals surface area contributed by atoms with Crippen molar-refractivity contribution in [2.75, 3.05) is 18.1 Å². The van der Waals surface area contributed by atoms with Crippen molar-refractivity contribution >= 4 is 40.4 Å². The molecule has 0 spiro atoms. The van der Waals surface area contributed by atoms with Crippen molar-refractivity contribution in [1.29, 1.82) is 0 Å². The number of benzene rings is 2. The molecular formula is C25H26ClN3O4S. The number of halogens is 1. The number of carbonyl (C=O) groups is 2. The summed E-state index contributed by atoms with van der Waals surface area (Å²) in [5, 5.41) is 29.2. The number of nitrogens with zero attached hydrogens (tertiary/aromatic N) is 2. The summed E-state index contributed by atoms with van der Waals surface area (Å²) in [7, 11) is 0. The number of anilines is 1. The van der Waals surface area contributed by atoms with E-state index in [0.29, 0.717) is 24.5 Å². The normalized spacial score (nSPS) is 15.3. The Kier molecular flexibility index (Phi) is 7.84. The summed E-state index contributed by atoms with van der Waals surface area (Å²) in [6, 6.07) is 18.9. The number of amides is 2. The van der Waals surface area contributed by atoms with Crippen LogP contribution in [-0.4, -0.2) is 52.3 Å². The minimum absolute atomic E-state index is 0.184. The van der Waals surface area contributed by atoms with Crippen LogP contribution in [0.5, 0.6) is 0 Å². The Morgan fingerprint density at radius 2 is 1.76 bits per heavy atom. The lowest BCUT2D eigenvalue weighted by Crippen LogP contribution is -2.53. The van der Waals surface area contributed by atoms with Crippen molar-refractivity contribution in [2.24, 2.45) is 0 Å². The van der Waals surface area contributed by atoms with E-state index in [2.05, 4.69) is 5.32 Å². The van der Waals surface area contributed by atoms with Gasteiger partial charge in [0.2, 0.25) is 0 Å². The maximum atomic E-state index is 12.8. The number of aliphatic hydroxyl groups is 2. The Bertz CT molecular complexity index is 1140. The van der Waals surface area contributed by atoms with Crippen molar-refractivity contribution in [3.8, 4) is 0 Å². The molecule has 0 radical (unpaired) electrons. The summed E-state index contributed by atoms with van der Waals surface area (Å²) >= 11 is 7.70. The zero-order valence-corrected chi connectivity index (χ0v) is 20.0. The van der Waals surface area contributed by atoms with Gasteiger partial charge in [-0.25, -0.2) is 0 Å². The van der Waals surface area contributed by atoms with Crippen LogP contribution < -0.4 is 10.3 Å². The largest absolute Gasteiger partial charge is 0.380 e. The average Bonchev–Trinajstić information content (AvgIpc) is 3.53. The van der Waals surface area contributed by atoms with Crippen molar-refractivity contribution in [1.82, 2.24) is 10.3 Å². The SMILES string of the molecule is O=C(NCc1cc(Cc2ccccc2Cl)cs1)[C@H](O)[C@@H](O)C(=O)N1CCCN1c1ccccc1. The van der Waals surface area contributed by atoms with E-state index in [-0.39, 0.29) is 6.54 Å². The molecule has 2 amide bonds. The summed E-state index contributed by atoms with van der Waals surface area (Å²) < 4.78 is 0. The highest BCUT2D eigenvalue weighted by Gasteiger charge is 2.37. The van der Waals surface area contributed by atoms with Gasteiger partial charge < -0.3 is 15.5 Å². The average molecular weight is 500 g/mol. The molecule has 178 valence electrons. The van der Waals surface area contributed by atoms with Gasteiger partial charge in [-0.15, -0.1) is 11.3 Å². The first-order chi connectivity index (χ1) is 16.4. The summed E-state index contributed by atoms with van der Waals surface area (Å²) in [5.74, 6) is -1.51. The van der Waals surface area contributed by atoms with Gasteiger partial charge in [0.15, 0.2) is 12.2 Å². The molecule has 0 saturated carbocycles. The third kappa shape index (κ3) is 5.59. The number of aliphatic hydroxyl groups excluding tert-OH is 2. The summed E-state index contributed by atoms with van der Waals surface area (Å²) in [5.41, 5.74) is 2.89. The van der Waals surface area contributed by atoms with Gasteiger partial charge in [0, 0.05) is 23.0 Å². The quantitative estimate of drug-likeness (QED) is 0.443. The first kappa shape index (κ1) is 24.2. The maximum Gasteiger partial charge on any atom is 0.273 e. The van der Waals surface area contributed by atoms with Crippen LogP contribution in [0.15, 0.2) is 66.0 Å². The molecule has 4 rings (SSSR count). The van der Waals surface area contributed by atoms with Gasteiger partial charge in [-0.05, 0) is 53.6 Å². The number of nitrogens with one attached hydrogen (secondary N) is 1. The first-order valence-electron chi connectivity index (χ1n) is 11.0. The van der Waals surface area contributed by atoms with Crippen LogP contribution in [0, 0.1) is 0 Å². The van der Waals surface area contributed by atoms with E-state index in [4.69, 9.17) is 11.6 Å². The monoisotopic (exact) mass is 499 g/mol. The van der Waals surface area contributed by atoms with Crippen LogP contribution >= 0.6 is 22.9 Å². The lowest BCUT2D eigenvalue weighted by Gasteiger charge is -2.32. The molecule has 2 atom stereocenters. The number of hydrogen-bond acceptors (Lipinski definition) is 6. The van der Waals surface area contributed by atoms with E-state index < -0.39 is 24.0 Å². The maximum absolute atomic E-state index is 12.8. The van der Waals surface area contributed by atoms with Crippen LogP contribution in [0.3, 0.4) is 0 Å². The predicted molar refractivity (Wildman–Crippen MR) is 133 cm³/mol. The molecule has 1 aliphatic heterocycles. The standard InChI is InChI=1S/C25H26ClN3O4S/c26-21-10-5-4-7-18(21)13-17-14-20(34-16-17)15-27-24(32)22(30)23(31)25(33)29-12-6-11-28(29)19-8-2-1-3-9-19/h1-5,7-10,14,16,22-23,30-31H,6,11-13,15H2,(H,27,32)/t22-,23-/m1/s1. The fourth-order valence-electron chi connectivity index (χ4n) is 3.89. The van der Waals surface area contributed by atoms with Gasteiger partial charge in [-0.3, -0.25) is 19.6 Å². The highest BCUT2D eigenvalue weighted by atomic mass is 35.5. The zero-order valence-electron chi connectivity index (χ0n) is 18.4. The van der Waals surface area contributed by atoms with Gasteiger partial charge in [-0.1, -0.05) is 48.0 Å². The topological polar surface area (TPSA) is 93.1 Å². The molecule has 0 bridgehead atoms. The Hall–Kier alpha value is -2.91. The van der Waals surface area contributed by atoms with E-state index in [1.807, 2.05) is 66.0 Å². The van der Waals surface area contributed by atoms with Gasteiger partial charge in [-0.2, -0.15) is 0 Å². The first-order valence-corrected chi connectivity index (χ1v) is 12.3. The van der Waals surface area contributed by atoms with Crippen molar-refractivity contribution < 1.29 is 19.8 Å². The van der Waals surface area contributed by atoms with E-state index in [0.717, 1.165) is 28.1 Å². The van der Waals surface area contributed by atoms with Gasteiger partial charge in [0.05, 0.1) is 12.2 Å². The lowest BCUT2D eigenvalue weighted by molar-refractivity contribution is -0.152. The van der Waals surface area contributed by atoms with Crippen molar-refractivity contribution in [3.63, 3.8) is 0 Å². The summed E-state index contributed by atoms with van der Waals surface area (Å²) in [6.07, 6.45) is -2.32. The van der Waals surface area contributed by atoms with E-state index in [1.165, 1.54) is 16.3 Å². The number of para-hydroxylation sites is 1. The molecule has 7 nitrogen and oxygen atoms in total. The molecule has 34 heavy (non-hydrogen) atoms. The zero-order chi connectivity index (χ0) is 24.1. The molecular weight excluding hydrogens is 474 g/mol. The Labute approximate surface area is 207 Å². The fraction of sp³-hybridized carbons (Fsp3) is 0.280. The number of hydrazine groups is 1. The fourth-order valence-corrected chi connectivity index (χ4v) is 4.92. The summed E-state index contributed by atoms with van der Waals surface area (Å²) in [6.45, 7) is 1.20. The van der Waals surface area contributed by atoms with Crippen LogP contribution in [-0.2, 0) is 22.6 Å². The second-order valence-corrected chi connectivity index (χ2v) is 9.47. The third-order valence-electron chi connectivity index (χ3n) is 5.66. The van der Waals surface area contributed by atoms with Gasteiger partial charge >= 0.3 is 0 Å². The van der Waals surface area contributed by atoms with Crippen LogP contribution in [0.4, 0.5) is 5.69 Å². The Morgan fingerprint density at radius 3 is 2.53 bits per heavy atom. The minimum Gasteiger partial charge on any atom is -0.380 e. The van der Waals surface area contributed by atoms with Crippen LogP contribution in [0.1, 0.15) is 22.4 Å². The molecule has 0 unspecified atom stereocenters. The summed E-state index contributed by atoms with van der Waals surface area (Å²) in [4.78, 5) is 26.2. The smallest absolute Gasteiger partial charge is 0.273 e. The molecule has 1 aromatic heterocycles. The molecule has 1 saturated heterocycles. The number of thiophene rings is 1. The van der Waals surface area contributed by atoms with Gasteiger partial charge in [0.1, 0.15) is 0 Å². The number of hydrogen-bond donors (Lipinski definition) is 3. The predicted octanol–water partition coefficient (Wildman–Crippen LogP) is 2.98. The Balaban J connectivity index is 1.31. The van der Waals surface area contributed by atoms with Crippen LogP contribution in [0.25, 0.3) is 0 Å². The highest BCUT2D eigenvalue weighted by Crippen LogP contribution is 2.24. The molecule has 9 heteroatoms. The third-order valence-corrected chi connectivity index (χ3v) is 7.01.